The molecule has 1 unspecified atom stereocenters. The molecule has 0 aliphatic carbocycles. The van der Waals surface area contributed by atoms with Crippen LogP contribution in [0.5, 0.6) is 0 Å². The molecule has 0 aliphatic rings. The van der Waals surface area contributed by atoms with Crippen molar-refractivity contribution in [2.75, 3.05) is 12.0 Å². The van der Waals surface area contributed by atoms with Crippen LogP contribution < -0.4 is 11.1 Å². The summed E-state index contributed by atoms with van der Waals surface area (Å²) in [6.45, 7) is 3.47. The normalized spacial score (nSPS) is 15.2. The Labute approximate surface area is 107 Å². The number of aliphatic carboxylic acids is 1. The molecule has 0 aliphatic heterocycles. The Hall–Kier alpha value is -1.15. The monoisotopic (exact) mass is 280 g/mol. The molecule has 0 aromatic rings. The van der Waals surface area contributed by atoms with Crippen LogP contribution in [-0.2, 0) is 19.4 Å². The lowest BCUT2D eigenvalue weighted by atomic mass is 10.0. The van der Waals surface area contributed by atoms with Crippen molar-refractivity contribution in [3.05, 3.63) is 0 Å². The summed E-state index contributed by atoms with van der Waals surface area (Å²) in [7, 11) is -3.27. The molecule has 0 aromatic carbocycles. The molecule has 8 heteroatoms. The Balaban J connectivity index is 4.55. The molecule has 0 radical (unpaired) electrons. The first-order valence-electron chi connectivity index (χ1n) is 5.51. The quantitative estimate of drug-likeness (QED) is 0.547. The molecule has 2 atom stereocenters. The lowest BCUT2D eigenvalue weighted by Gasteiger charge is -2.19. The largest absolute Gasteiger partial charge is 0.480 e. The summed E-state index contributed by atoms with van der Waals surface area (Å²) in [5.74, 6) is -2.30. The van der Waals surface area contributed by atoms with Gasteiger partial charge in [0, 0.05) is 6.26 Å². The van der Waals surface area contributed by atoms with E-state index in [1.165, 1.54) is 0 Å². The third-order valence-electron chi connectivity index (χ3n) is 2.41. The summed E-state index contributed by atoms with van der Waals surface area (Å²) >= 11 is 0. The number of nitrogens with one attached hydrogen (secondary N) is 1. The molecule has 0 saturated carbocycles. The summed E-state index contributed by atoms with van der Waals surface area (Å²) in [6, 6.07) is -2.05. The van der Waals surface area contributed by atoms with Gasteiger partial charge in [-0.2, -0.15) is 0 Å². The van der Waals surface area contributed by atoms with E-state index in [1.54, 1.807) is 13.8 Å². The summed E-state index contributed by atoms with van der Waals surface area (Å²) < 4.78 is 21.9. The van der Waals surface area contributed by atoms with Crippen molar-refractivity contribution in [2.24, 2.45) is 11.7 Å². The maximum Gasteiger partial charge on any atom is 0.326 e. The summed E-state index contributed by atoms with van der Waals surface area (Å²) in [6.07, 6.45) is 0.832. The fraction of sp³-hybridized carbons (Fsp3) is 0.800. The van der Waals surface area contributed by atoms with E-state index in [9.17, 15) is 18.0 Å². The highest BCUT2D eigenvalue weighted by molar-refractivity contribution is 7.90. The Kier molecular flexibility index (Phi) is 6.27. The van der Waals surface area contributed by atoms with Crippen LogP contribution in [0.3, 0.4) is 0 Å². The predicted molar refractivity (Wildman–Crippen MR) is 66.7 cm³/mol. The fourth-order valence-corrected chi connectivity index (χ4v) is 1.82. The van der Waals surface area contributed by atoms with E-state index < -0.39 is 33.8 Å². The first kappa shape index (κ1) is 16.9. The molecule has 0 fully saturated rings. The molecule has 4 N–H and O–H groups in total. The number of hydrogen-bond acceptors (Lipinski definition) is 5. The predicted octanol–water partition coefficient (Wildman–Crippen LogP) is -1.03. The maximum absolute atomic E-state index is 11.6. The van der Waals surface area contributed by atoms with Crippen molar-refractivity contribution in [3.63, 3.8) is 0 Å². The van der Waals surface area contributed by atoms with Crippen molar-refractivity contribution < 1.29 is 23.1 Å². The summed E-state index contributed by atoms with van der Waals surface area (Å²) in [5, 5.41) is 11.1. The minimum Gasteiger partial charge on any atom is -0.480 e. The number of nitrogens with two attached hydrogens (primary N) is 1. The average molecular weight is 280 g/mol. The molecule has 0 bridgehead atoms. The van der Waals surface area contributed by atoms with Gasteiger partial charge in [0.1, 0.15) is 15.9 Å². The zero-order valence-electron chi connectivity index (χ0n) is 10.7. The third kappa shape index (κ3) is 6.55. The number of sulfone groups is 1. The lowest BCUT2D eigenvalue weighted by Crippen LogP contribution is -2.50. The number of carboxylic acids is 1. The number of carbonyl (C=O) groups excluding carboxylic acids is 1. The van der Waals surface area contributed by atoms with E-state index in [4.69, 9.17) is 10.8 Å². The molecule has 0 spiro atoms. The first-order chi connectivity index (χ1) is 8.04. The highest BCUT2D eigenvalue weighted by Crippen LogP contribution is 2.01. The minimum atomic E-state index is -3.27. The standard InChI is InChI=1S/C10H20N2O5S/c1-6(2)8(11)9(13)12-7(10(14)15)4-5-18(3,16)17/h6-8H,4-5,11H2,1-3H3,(H,12,13)(H,14,15)/t7?,8-/m1/s1. The molecular weight excluding hydrogens is 260 g/mol. The minimum absolute atomic E-state index is 0.130. The van der Waals surface area contributed by atoms with Gasteiger partial charge in [0.05, 0.1) is 11.8 Å². The zero-order chi connectivity index (χ0) is 14.5. The van der Waals surface area contributed by atoms with Crippen molar-refractivity contribution in [3.8, 4) is 0 Å². The molecule has 0 heterocycles. The smallest absolute Gasteiger partial charge is 0.326 e. The van der Waals surface area contributed by atoms with Crippen molar-refractivity contribution in [1.29, 1.82) is 0 Å². The molecule has 7 nitrogen and oxygen atoms in total. The first-order valence-corrected chi connectivity index (χ1v) is 7.57. The van der Waals surface area contributed by atoms with E-state index in [0.717, 1.165) is 6.26 Å². The highest BCUT2D eigenvalue weighted by atomic mass is 32.2. The van der Waals surface area contributed by atoms with Crippen LogP contribution in [-0.4, -0.2) is 49.5 Å². The van der Waals surface area contributed by atoms with Crippen LogP contribution in [0.15, 0.2) is 0 Å². The molecule has 0 aromatic heterocycles. The van der Waals surface area contributed by atoms with Crippen LogP contribution in [0, 0.1) is 5.92 Å². The summed E-state index contributed by atoms with van der Waals surface area (Å²) in [5.41, 5.74) is 5.57. The number of amides is 1. The van der Waals surface area contributed by atoms with Crippen LogP contribution in [0.2, 0.25) is 0 Å². The molecule has 1 amide bonds. The number of hydrogen-bond donors (Lipinski definition) is 3. The SMILES string of the molecule is CC(C)[C@@H](N)C(=O)NC(CCS(C)(=O)=O)C(=O)O. The highest BCUT2D eigenvalue weighted by Gasteiger charge is 2.25. The Morgan fingerprint density at radius 2 is 1.83 bits per heavy atom. The van der Waals surface area contributed by atoms with Crippen molar-refractivity contribution >= 4 is 21.7 Å². The third-order valence-corrected chi connectivity index (χ3v) is 3.39. The Morgan fingerprint density at radius 3 is 2.17 bits per heavy atom. The second-order valence-corrected chi connectivity index (χ2v) is 6.85. The lowest BCUT2D eigenvalue weighted by molar-refractivity contribution is -0.142. The van der Waals surface area contributed by atoms with Gasteiger partial charge < -0.3 is 16.2 Å². The fourth-order valence-electron chi connectivity index (χ4n) is 1.16. The Morgan fingerprint density at radius 1 is 1.33 bits per heavy atom. The van der Waals surface area contributed by atoms with Gasteiger partial charge in [-0.05, 0) is 12.3 Å². The van der Waals surface area contributed by atoms with Crippen LogP contribution in [0.4, 0.5) is 0 Å². The average Bonchev–Trinajstić information content (AvgIpc) is 2.20. The molecule has 0 saturated heterocycles. The topological polar surface area (TPSA) is 127 Å². The zero-order valence-corrected chi connectivity index (χ0v) is 11.5. The second-order valence-electron chi connectivity index (χ2n) is 4.59. The molecule has 106 valence electrons. The number of carboxylic acid groups (broad SMARTS) is 1. The van der Waals surface area contributed by atoms with E-state index in [-0.39, 0.29) is 18.1 Å². The molecular formula is C10H20N2O5S. The number of carbonyl (C=O) groups is 2. The van der Waals surface area contributed by atoms with E-state index in [0.29, 0.717) is 0 Å². The van der Waals surface area contributed by atoms with Gasteiger partial charge >= 0.3 is 5.97 Å². The number of rotatable bonds is 7. The molecule has 18 heavy (non-hydrogen) atoms. The molecule has 0 rings (SSSR count). The van der Waals surface area contributed by atoms with Gasteiger partial charge in [-0.3, -0.25) is 4.79 Å². The van der Waals surface area contributed by atoms with Crippen LogP contribution in [0.25, 0.3) is 0 Å². The Bertz CT molecular complexity index is 404. The van der Waals surface area contributed by atoms with Crippen molar-refractivity contribution in [1.82, 2.24) is 5.32 Å². The van der Waals surface area contributed by atoms with Gasteiger partial charge in [-0.15, -0.1) is 0 Å². The van der Waals surface area contributed by atoms with Gasteiger partial charge in [0.25, 0.3) is 0 Å². The summed E-state index contributed by atoms with van der Waals surface area (Å²) in [4.78, 5) is 22.5. The van der Waals surface area contributed by atoms with Gasteiger partial charge in [0.2, 0.25) is 5.91 Å². The second kappa shape index (κ2) is 6.69. The van der Waals surface area contributed by atoms with Crippen LogP contribution >= 0.6 is 0 Å². The maximum atomic E-state index is 11.6. The van der Waals surface area contributed by atoms with E-state index in [2.05, 4.69) is 5.32 Å². The van der Waals surface area contributed by atoms with E-state index >= 15 is 0 Å². The van der Waals surface area contributed by atoms with Gasteiger partial charge in [-0.25, -0.2) is 13.2 Å². The van der Waals surface area contributed by atoms with Crippen LogP contribution in [0.1, 0.15) is 20.3 Å². The van der Waals surface area contributed by atoms with Crippen molar-refractivity contribution in [2.45, 2.75) is 32.4 Å². The van der Waals surface area contributed by atoms with Gasteiger partial charge in [-0.1, -0.05) is 13.8 Å². The van der Waals surface area contributed by atoms with E-state index in [1.807, 2.05) is 0 Å². The van der Waals surface area contributed by atoms with Gasteiger partial charge in [0.15, 0.2) is 0 Å².